The Balaban J connectivity index is 2.32. The van der Waals surface area contributed by atoms with E-state index in [0.29, 0.717) is 11.3 Å². The number of para-hydroxylation sites is 1. The van der Waals surface area contributed by atoms with Gasteiger partial charge in [0, 0.05) is 12.2 Å². The van der Waals surface area contributed by atoms with Gasteiger partial charge in [-0.3, -0.25) is 0 Å². The maximum absolute atomic E-state index is 10.4. The first-order chi connectivity index (χ1) is 8.70. The average Bonchev–Trinajstić information content (AvgIpc) is 2.85. The van der Waals surface area contributed by atoms with Crippen LogP contribution < -0.4 is 4.74 Å². The summed E-state index contributed by atoms with van der Waals surface area (Å²) in [6.07, 6.45) is 2.16. The Morgan fingerprint density at radius 2 is 2.17 bits per heavy atom. The maximum atomic E-state index is 10.4. The number of hydrogen-bond acceptors (Lipinski definition) is 5. The SMILES string of the molecule is COc1ccccc1-c1nnc(C=CC(=O)O)o1. The summed E-state index contributed by atoms with van der Waals surface area (Å²) in [5, 5.41) is 16.0. The van der Waals surface area contributed by atoms with Gasteiger partial charge in [0.2, 0.25) is 5.89 Å². The number of benzene rings is 1. The zero-order valence-corrected chi connectivity index (χ0v) is 9.53. The third-order valence-electron chi connectivity index (χ3n) is 2.15. The Kier molecular flexibility index (Phi) is 3.38. The molecule has 6 nitrogen and oxygen atoms in total. The van der Waals surface area contributed by atoms with Crippen molar-refractivity contribution >= 4 is 12.0 Å². The van der Waals surface area contributed by atoms with E-state index in [4.69, 9.17) is 14.3 Å². The smallest absolute Gasteiger partial charge is 0.328 e. The minimum Gasteiger partial charge on any atom is -0.496 e. The molecule has 0 bridgehead atoms. The van der Waals surface area contributed by atoms with Crippen LogP contribution in [0.5, 0.6) is 5.75 Å². The second-order valence-electron chi connectivity index (χ2n) is 3.32. The minimum atomic E-state index is -1.08. The van der Waals surface area contributed by atoms with Gasteiger partial charge in [-0.15, -0.1) is 10.2 Å². The highest BCUT2D eigenvalue weighted by Crippen LogP contribution is 2.28. The van der Waals surface area contributed by atoms with E-state index in [1.54, 1.807) is 19.2 Å². The van der Waals surface area contributed by atoms with Gasteiger partial charge in [0.05, 0.1) is 12.7 Å². The van der Waals surface area contributed by atoms with Gasteiger partial charge in [-0.25, -0.2) is 4.79 Å². The third kappa shape index (κ3) is 2.54. The summed E-state index contributed by atoms with van der Waals surface area (Å²) in [7, 11) is 1.54. The fourth-order valence-electron chi connectivity index (χ4n) is 1.37. The van der Waals surface area contributed by atoms with Crippen LogP contribution in [0, 0.1) is 0 Å². The molecule has 1 N–H and O–H groups in total. The number of ether oxygens (including phenoxy) is 1. The fourth-order valence-corrected chi connectivity index (χ4v) is 1.37. The number of carboxylic acids is 1. The predicted octanol–water partition coefficient (Wildman–Crippen LogP) is 1.84. The van der Waals surface area contributed by atoms with Crippen LogP contribution in [0.4, 0.5) is 0 Å². The summed E-state index contributed by atoms with van der Waals surface area (Å²) < 4.78 is 10.5. The minimum absolute atomic E-state index is 0.123. The summed E-state index contributed by atoms with van der Waals surface area (Å²) in [4.78, 5) is 10.4. The number of nitrogens with zero attached hydrogens (tertiary/aromatic N) is 2. The van der Waals surface area contributed by atoms with Gasteiger partial charge in [-0.2, -0.15) is 0 Å². The average molecular weight is 246 g/mol. The van der Waals surface area contributed by atoms with Gasteiger partial charge < -0.3 is 14.3 Å². The molecule has 6 heteroatoms. The lowest BCUT2D eigenvalue weighted by atomic mass is 10.2. The van der Waals surface area contributed by atoms with E-state index in [0.717, 1.165) is 6.08 Å². The fraction of sp³-hybridized carbons (Fsp3) is 0.0833. The first-order valence-electron chi connectivity index (χ1n) is 5.08. The van der Waals surface area contributed by atoms with Crippen LogP contribution in [-0.4, -0.2) is 28.4 Å². The summed E-state index contributed by atoms with van der Waals surface area (Å²) in [6.45, 7) is 0. The molecule has 0 amide bonds. The highest BCUT2D eigenvalue weighted by atomic mass is 16.5. The number of hydrogen-bond donors (Lipinski definition) is 1. The van der Waals surface area contributed by atoms with Crippen molar-refractivity contribution in [3.8, 4) is 17.2 Å². The lowest BCUT2D eigenvalue weighted by molar-refractivity contribution is -0.131. The van der Waals surface area contributed by atoms with Gasteiger partial charge in [-0.1, -0.05) is 12.1 Å². The molecule has 2 rings (SSSR count). The van der Waals surface area contributed by atoms with Gasteiger partial charge in [-0.05, 0) is 12.1 Å². The number of methoxy groups -OCH3 is 1. The van der Waals surface area contributed by atoms with E-state index >= 15 is 0 Å². The lowest BCUT2D eigenvalue weighted by Crippen LogP contribution is -1.87. The monoisotopic (exact) mass is 246 g/mol. The van der Waals surface area contributed by atoms with Crippen LogP contribution in [0.1, 0.15) is 5.89 Å². The zero-order valence-electron chi connectivity index (χ0n) is 9.53. The molecule has 0 fully saturated rings. The summed E-state index contributed by atoms with van der Waals surface area (Å²) in [5.41, 5.74) is 0.655. The molecule has 18 heavy (non-hydrogen) atoms. The van der Waals surface area contributed by atoms with Crippen molar-refractivity contribution in [2.24, 2.45) is 0 Å². The normalized spacial score (nSPS) is 10.7. The van der Waals surface area contributed by atoms with Crippen molar-refractivity contribution in [3.63, 3.8) is 0 Å². The number of carboxylic acid groups (broad SMARTS) is 1. The number of carbonyl (C=O) groups is 1. The molecule has 2 aromatic rings. The molecule has 0 aliphatic rings. The number of aromatic nitrogens is 2. The zero-order chi connectivity index (χ0) is 13.0. The van der Waals surface area contributed by atoms with E-state index in [2.05, 4.69) is 10.2 Å². The quantitative estimate of drug-likeness (QED) is 0.828. The Bertz CT molecular complexity index is 589. The molecule has 0 aliphatic carbocycles. The molecule has 0 atom stereocenters. The molecule has 92 valence electrons. The van der Waals surface area contributed by atoms with E-state index in [1.165, 1.54) is 6.08 Å². The standard InChI is InChI=1S/C12H10N2O4/c1-17-9-5-3-2-4-8(9)12-14-13-10(18-12)6-7-11(15)16/h2-7H,1H3,(H,15,16). The highest BCUT2D eigenvalue weighted by molar-refractivity contribution is 5.84. The second-order valence-corrected chi connectivity index (χ2v) is 3.32. The van der Waals surface area contributed by atoms with Gasteiger partial charge in [0.15, 0.2) is 0 Å². The van der Waals surface area contributed by atoms with Crippen molar-refractivity contribution in [2.75, 3.05) is 7.11 Å². The molecule has 1 aromatic carbocycles. The van der Waals surface area contributed by atoms with Crippen LogP contribution in [0.25, 0.3) is 17.5 Å². The third-order valence-corrected chi connectivity index (χ3v) is 2.15. The maximum Gasteiger partial charge on any atom is 0.328 e. The van der Waals surface area contributed by atoms with Crippen molar-refractivity contribution in [1.29, 1.82) is 0 Å². The molecule has 0 unspecified atom stereocenters. The molecule has 0 aliphatic heterocycles. The van der Waals surface area contributed by atoms with Crippen LogP contribution in [0.15, 0.2) is 34.8 Å². The van der Waals surface area contributed by atoms with E-state index in [9.17, 15) is 4.79 Å². The summed E-state index contributed by atoms with van der Waals surface area (Å²) >= 11 is 0. The summed E-state index contributed by atoms with van der Waals surface area (Å²) in [5.74, 6) is -0.0715. The molecule has 0 saturated heterocycles. The van der Waals surface area contributed by atoms with E-state index < -0.39 is 5.97 Å². The van der Waals surface area contributed by atoms with Gasteiger partial charge in [0.1, 0.15) is 5.75 Å². The van der Waals surface area contributed by atoms with Gasteiger partial charge in [0.25, 0.3) is 5.89 Å². The first-order valence-corrected chi connectivity index (χ1v) is 5.08. The van der Waals surface area contributed by atoms with Crippen molar-refractivity contribution in [3.05, 3.63) is 36.2 Å². The Morgan fingerprint density at radius 3 is 2.89 bits per heavy atom. The molecule has 0 saturated carbocycles. The molecule has 0 radical (unpaired) electrons. The lowest BCUT2D eigenvalue weighted by Gasteiger charge is -2.02. The van der Waals surface area contributed by atoms with Crippen molar-refractivity contribution in [1.82, 2.24) is 10.2 Å². The van der Waals surface area contributed by atoms with Crippen LogP contribution in [0.2, 0.25) is 0 Å². The molecular formula is C12H10N2O4. The Labute approximate surface area is 103 Å². The van der Waals surface area contributed by atoms with Crippen LogP contribution in [0.3, 0.4) is 0 Å². The Morgan fingerprint density at radius 1 is 1.39 bits per heavy atom. The van der Waals surface area contributed by atoms with Crippen molar-refractivity contribution < 1.29 is 19.1 Å². The van der Waals surface area contributed by atoms with E-state index in [1.807, 2.05) is 12.1 Å². The topological polar surface area (TPSA) is 85.5 Å². The first kappa shape index (κ1) is 11.8. The van der Waals surface area contributed by atoms with Crippen molar-refractivity contribution in [2.45, 2.75) is 0 Å². The van der Waals surface area contributed by atoms with Gasteiger partial charge >= 0.3 is 5.97 Å². The molecule has 0 spiro atoms. The number of aliphatic carboxylic acids is 1. The summed E-state index contributed by atoms with van der Waals surface area (Å²) in [6, 6.07) is 7.18. The Hall–Kier alpha value is -2.63. The second kappa shape index (κ2) is 5.13. The number of rotatable bonds is 4. The molecule has 1 heterocycles. The largest absolute Gasteiger partial charge is 0.496 e. The highest BCUT2D eigenvalue weighted by Gasteiger charge is 2.11. The predicted molar refractivity (Wildman–Crippen MR) is 63.0 cm³/mol. The van der Waals surface area contributed by atoms with E-state index in [-0.39, 0.29) is 11.8 Å². The molecular weight excluding hydrogens is 236 g/mol. The molecule has 1 aromatic heterocycles. The van der Waals surface area contributed by atoms with Crippen LogP contribution >= 0.6 is 0 Å². The van der Waals surface area contributed by atoms with Crippen LogP contribution in [-0.2, 0) is 4.79 Å².